The lowest BCUT2D eigenvalue weighted by atomic mass is 9.99. The average molecular weight is 285 g/mol. The summed E-state index contributed by atoms with van der Waals surface area (Å²) in [6.45, 7) is 3.71. The molecular formula is C16H19N3O2. The van der Waals surface area contributed by atoms with E-state index in [0.29, 0.717) is 0 Å². The van der Waals surface area contributed by atoms with E-state index in [1.165, 1.54) is 11.1 Å². The Morgan fingerprint density at radius 3 is 2.43 bits per heavy atom. The lowest BCUT2D eigenvalue weighted by molar-refractivity contribution is 0.353. The maximum atomic E-state index is 5.39. The molecule has 110 valence electrons. The number of anilines is 1. The summed E-state index contributed by atoms with van der Waals surface area (Å²) in [6, 6.07) is 4.14. The molecule has 0 N–H and O–H groups in total. The first-order valence-corrected chi connectivity index (χ1v) is 6.98. The van der Waals surface area contributed by atoms with E-state index in [0.717, 1.165) is 42.5 Å². The Balaban J connectivity index is 1.91. The van der Waals surface area contributed by atoms with Crippen molar-refractivity contribution in [1.82, 2.24) is 9.97 Å². The summed E-state index contributed by atoms with van der Waals surface area (Å²) in [5.74, 6) is 2.49. The second-order valence-corrected chi connectivity index (χ2v) is 5.17. The third kappa shape index (κ3) is 2.63. The van der Waals surface area contributed by atoms with Gasteiger partial charge >= 0.3 is 0 Å². The zero-order valence-electron chi connectivity index (χ0n) is 12.6. The van der Waals surface area contributed by atoms with Crippen molar-refractivity contribution in [3.05, 3.63) is 41.3 Å². The van der Waals surface area contributed by atoms with Gasteiger partial charge in [0.05, 0.1) is 26.1 Å². The van der Waals surface area contributed by atoms with Gasteiger partial charge < -0.3 is 14.4 Å². The summed E-state index contributed by atoms with van der Waals surface area (Å²) >= 11 is 0. The molecule has 0 bridgehead atoms. The normalized spacial score (nSPS) is 13.8. The van der Waals surface area contributed by atoms with Crippen molar-refractivity contribution in [1.29, 1.82) is 0 Å². The van der Waals surface area contributed by atoms with Gasteiger partial charge in [-0.15, -0.1) is 0 Å². The maximum Gasteiger partial charge on any atom is 0.161 e. The van der Waals surface area contributed by atoms with Crippen molar-refractivity contribution >= 4 is 5.82 Å². The maximum absolute atomic E-state index is 5.39. The Hall–Kier alpha value is -2.30. The molecule has 2 aromatic rings. The number of rotatable bonds is 3. The van der Waals surface area contributed by atoms with Crippen LogP contribution >= 0.6 is 0 Å². The Kier molecular flexibility index (Phi) is 3.64. The summed E-state index contributed by atoms with van der Waals surface area (Å²) in [4.78, 5) is 11.0. The van der Waals surface area contributed by atoms with Crippen LogP contribution in [0.15, 0.2) is 24.5 Å². The van der Waals surface area contributed by atoms with Gasteiger partial charge in [-0.25, -0.2) is 4.98 Å². The van der Waals surface area contributed by atoms with Crippen LogP contribution in [0.25, 0.3) is 0 Å². The molecule has 0 saturated carbocycles. The number of benzene rings is 1. The zero-order valence-corrected chi connectivity index (χ0v) is 12.6. The number of nitrogens with zero attached hydrogens (tertiary/aromatic N) is 3. The fourth-order valence-electron chi connectivity index (χ4n) is 2.68. The molecule has 5 heteroatoms. The highest BCUT2D eigenvalue weighted by Gasteiger charge is 2.20. The zero-order chi connectivity index (χ0) is 14.8. The van der Waals surface area contributed by atoms with Gasteiger partial charge in [0.15, 0.2) is 11.5 Å². The van der Waals surface area contributed by atoms with Gasteiger partial charge in [-0.1, -0.05) is 0 Å². The second-order valence-electron chi connectivity index (χ2n) is 5.17. The molecule has 0 saturated heterocycles. The van der Waals surface area contributed by atoms with Gasteiger partial charge in [0.1, 0.15) is 5.82 Å². The first-order valence-electron chi connectivity index (χ1n) is 6.98. The summed E-state index contributed by atoms with van der Waals surface area (Å²) < 4.78 is 10.8. The third-order valence-electron chi connectivity index (χ3n) is 3.78. The standard InChI is InChI=1S/C16H19N3O2/c1-11-8-17-9-16(18-11)19-5-4-12-6-14(20-2)15(21-3)7-13(12)10-19/h6-9H,4-5,10H2,1-3H3. The molecule has 2 heterocycles. The summed E-state index contributed by atoms with van der Waals surface area (Å²) in [5, 5.41) is 0. The lowest BCUT2D eigenvalue weighted by Gasteiger charge is -2.30. The minimum Gasteiger partial charge on any atom is -0.493 e. The second kappa shape index (κ2) is 5.60. The van der Waals surface area contributed by atoms with E-state index in [2.05, 4.69) is 27.0 Å². The fourth-order valence-corrected chi connectivity index (χ4v) is 2.68. The molecule has 21 heavy (non-hydrogen) atoms. The summed E-state index contributed by atoms with van der Waals surface area (Å²) in [5.41, 5.74) is 3.50. The number of hydrogen-bond acceptors (Lipinski definition) is 5. The molecule has 0 unspecified atom stereocenters. The van der Waals surface area contributed by atoms with Crippen molar-refractivity contribution in [2.24, 2.45) is 0 Å². The molecule has 1 aromatic heterocycles. The molecule has 0 aliphatic carbocycles. The van der Waals surface area contributed by atoms with Crippen LogP contribution in [0.4, 0.5) is 5.82 Å². The van der Waals surface area contributed by atoms with Gasteiger partial charge in [0.25, 0.3) is 0 Å². The van der Waals surface area contributed by atoms with E-state index in [9.17, 15) is 0 Å². The monoisotopic (exact) mass is 285 g/mol. The summed E-state index contributed by atoms with van der Waals surface area (Å²) in [7, 11) is 3.33. The molecule has 3 rings (SSSR count). The number of aryl methyl sites for hydroxylation is 1. The molecule has 0 spiro atoms. The molecular weight excluding hydrogens is 266 g/mol. The SMILES string of the molecule is COc1cc2c(cc1OC)CN(c1cncc(C)n1)CC2. The fraction of sp³-hybridized carbons (Fsp3) is 0.375. The van der Waals surface area contributed by atoms with E-state index in [4.69, 9.17) is 9.47 Å². The Morgan fingerprint density at radius 2 is 1.76 bits per heavy atom. The number of methoxy groups -OCH3 is 2. The Morgan fingerprint density at radius 1 is 1.05 bits per heavy atom. The van der Waals surface area contributed by atoms with Crippen LogP contribution in [0.2, 0.25) is 0 Å². The number of ether oxygens (including phenoxy) is 2. The van der Waals surface area contributed by atoms with Crippen LogP contribution in [0, 0.1) is 6.92 Å². The Bertz CT molecular complexity index is 658. The van der Waals surface area contributed by atoms with Crippen molar-refractivity contribution in [2.45, 2.75) is 19.9 Å². The predicted octanol–water partition coefficient (Wildman–Crippen LogP) is 2.36. The minimum absolute atomic E-state index is 0.772. The highest BCUT2D eigenvalue weighted by molar-refractivity contribution is 5.51. The summed E-state index contributed by atoms with van der Waals surface area (Å²) in [6.07, 6.45) is 4.55. The van der Waals surface area contributed by atoms with Crippen LogP contribution in [-0.2, 0) is 13.0 Å². The van der Waals surface area contributed by atoms with E-state index >= 15 is 0 Å². The molecule has 0 atom stereocenters. The van der Waals surface area contributed by atoms with Gasteiger partial charge in [0, 0.05) is 19.3 Å². The molecule has 1 aliphatic rings. The van der Waals surface area contributed by atoms with Gasteiger partial charge in [-0.2, -0.15) is 0 Å². The third-order valence-corrected chi connectivity index (χ3v) is 3.78. The van der Waals surface area contributed by atoms with Gasteiger partial charge in [-0.05, 0) is 36.6 Å². The number of aromatic nitrogens is 2. The molecule has 5 nitrogen and oxygen atoms in total. The van der Waals surface area contributed by atoms with E-state index < -0.39 is 0 Å². The van der Waals surface area contributed by atoms with Crippen LogP contribution < -0.4 is 14.4 Å². The first-order chi connectivity index (χ1) is 10.2. The molecule has 0 radical (unpaired) electrons. The first kappa shape index (κ1) is 13.7. The highest BCUT2D eigenvalue weighted by atomic mass is 16.5. The van der Waals surface area contributed by atoms with Crippen molar-refractivity contribution < 1.29 is 9.47 Å². The molecule has 1 aromatic carbocycles. The number of hydrogen-bond donors (Lipinski definition) is 0. The predicted molar refractivity (Wildman–Crippen MR) is 81.1 cm³/mol. The van der Waals surface area contributed by atoms with E-state index in [-0.39, 0.29) is 0 Å². The van der Waals surface area contributed by atoms with Crippen molar-refractivity contribution in [2.75, 3.05) is 25.7 Å². The van der Waals surface area contributed by atoms with Crippen molar-refractivity contribution in [3.8, 4) is 11.5 Å². The lowest BCUT2D eigenvalue weighted by Crippen LogP contribution is -2.31. The molecule has 0 fully saturated rings. The molecule has 0 amide bonds. The van der Waals surface area contributed by atoms with Crippen LogP contribution in [0.1, 0.15) is 16.8 Å². The highest BCUT2D eigenvalue weighted by Crippen LogP contribution is 2.33. The van der Waals surface area contributed by atoms with Crippen molar-refractivity contribution in [3.63, 3.8) is 0 Å². The van der Waals surface area contributed by atoms with E-state index in [1.54, 1.807) is 20.4 Å². The molecule has 1 aliphatic heterocycles. The smallest absolute Gasteiger partial charge is 0.161 e. The van der Waals surface area contributed by atoms with Crippen LogP contribution in [-0.4, -0.2) is 30.7 Å². The van der Waals surface area contributed by atoms with E-state index in [1.807, 2.05) is 13.1 Å². The quantitative estimate of drug-likeness (QED) is 0.866. The van der Waals surface area contributed by atoms with Crippen LogP contribution in [0.5, 0.6) is 11.5 Å². The van der Waals surface area contributed by atoms with Gasteiger partial charge in [0.2, 0.25) is 0 Å². The topological polar surface area (TPSA) is 47.5 Å². The van der Waals surface area contributed by atoms with Crippen LogP contribution in [0.3, 0.4) is 0 Å². The largest absolute Gasteiger partial charge is 0.493 e. The number of fused-ring (bicyclic) bond motifs is 1. The van der Waals surface area contributed by atoms with Gasteiger partial charge in [-0.3, -0.25) is 4.98 Å². The Labute approximate surface area is 124 Å². The minimum atomic E-state index is 0.772. The average Bonchev–Trinajstić information content (AvgIpc) is 2.53.